The molecule has 0 bridgehead atoms. The Balaban J connectivity index is 2.14. The molecule has 0 aliphatic carbocycles. The van der Waals surface area contributed by atoms with Gasteiger partial charge in [0.15, 0.2) is 0 Å². The minimum absolute atomic E-state index is 0.189. The second-order valence-corrected chi connectivity index (χ2v) is 7.73. The molecule has 0 atom stereocenters. The number of rotatable bonds is 6. The van der Waals surface area contributed by atoms with Crippen molar-refractivity contribution in [2.75, 3.05) is 12.8 Å². The van der Waals surface area contributed by atoms with Gasteiger partial charge >= 0.3 is 0 Å². The number of thioether (sulfide) groups is 1. The van der Waals surface area contributed by atoms with E-state index in [-0.39, 0.29) is 17.6 Å². The highest BCUT2D eigenvalue weighted by molar-refractivity contribution is 8.01. The maximum absolute atomic E-state index is 12.6. The van der Waals surface area contributed by atoms with E-state index >= 15 is 0 Å². The van der Waals surface area contributed by atoms with E-state index in [1.807, 2.05) is 54.6 Å². The number of imide groups is 1. The summed E-state index contributed by atoms with van der Waals surface area (Å²) >= 11 is 1.54. The zero-order valence-corrected chi connectivity index (χ0v) is 16.9. The van der Waals surface area contributed by atoms with Crippen molar-refractivity contribution in [3.63, 3.8) is 0 Å². The first-order valence-electron chi connectivity index (χ1n) is 9.13. The van der Waals surface area contributed by atoms with Crippen molar-refractivity contribution < 1.29 is 9.59 Å². The van der Waals surface area contributed by atoms with Crippen LogP contribution in [0.25, 0.3) is 0 Å². The molecule has 142 valence electrons. The molecule has 3 rings (SSSR count). The van der Waals surface area contributed by atoms with Crippen LogP contribution in [0.1, 0.15) is 23.6 Å². The van der Waals surface area contributed by atoms with Crippen molar-refractivity contribution in [2.45, 2.75) is 11.7 Å². The summed E-state index contributed by atoms with van der Waals surface area (Å²) in [5.74, 6) is -0.269. The maximum atomic E-state index is 12.6. The number of nitrogens with zero attached hydrogens (tertiary/aromatic N) is 1. The molecule has 0 radical (unpaired) electrons. The number of hydrogen-bond donors (Lipinski definition) is 0. The average molecular weight is 390 g/mol. The SMILES string of the molecule is CC(=O)N(C)C(=O)CSC(c1ccccc1)(c1ccccc1)c1ccccc1. The Bertz CT molecular complexity index is 830. The summed E-state index contributed by atoms with van der Waals surface area (Å²) in [5, 5.41) is 0. The van der Waals surface area contributed by atoms with Crippen LogP contribution in [0.3, 0.4) is 0 Å². The Morgan fingerprint density at radius 1 is 0.750 bits per heavy atom. The lowest BCUT2D eigenvalue weighted by molar-refractivity contribution is -0.140. The van der Waals surface area contributed by atoms with Gasteiger partial charge in [-0.3, -0.25) is 14.5 Å². The monoisotopic (exact) mass is 389 g/mol. The van der Waals surface area contributed by atoms with Gasteiger partial charge in [-0.1, -0.05) is 91.0 Å². The first kappa shape index (κ1) is 19.9. The summed E-state index contributed by atoms with van der Waals surface area (Å²) in [6.07, 6.45) is 0. The van der Waals surface area contributed by atoms with E-state index in [1.165, 1.54) is 30.6 Å². The Morgan fingerprint density at radius 3 is 1.43 bits per heavy atom. The zero-order chi connectivity index (χ0) is 20.0. The number of carbonyl (C=O) groups is 2. The van der Waals surface area contributed by atoms with E-state index in [2.05, 4.69) is 36.4 Å². The minimum Gasteiger partial charge on any atom is -0.285 e. The van der Waals surface area contributed by atoms with Crippen molar-refractivity contribution in [3.05, 3.63) is 108 Å². The van der Waals surface area contributed by atoms with Crippen molar-refractivity contribution in [1.82, 2.24) is 4.90 Å². The maximum Gasteiger partial charge on any atom is 0.238 e. The van der Waals surface area contributed by atoms with Gasteiger partial charge in [0.05, 0.1) is 10.5 Å². The second kappa shape index (κ2) is 8.89. The molecule has 2 amide bonds. The quantitative estimate of drug-likeness (QED) is 0.573. The van der Waals surface area contributed by atoms with E-state index in [0.29, 0.717) is 0 Å². The van der Waals surface area contributed by atoms with E-state index in [4.69, 9.17) is 0 Å². The van der Waals surface area contributed by atoms with Crippen LogP contribution in [0.15, 0.2) is 91.0 Å². The number of carbonyl (C=O) groups excluding carboxylic acids is 2. The average Bonchev–Trinajstić information content (AvgIpc) is 2.75. The van der Waals surface area contributed by atoms with Crippen LogP contribution in [0.5, 0.6) is 0 Å². The predicted molar refractivity (Wildman–Crippen MR) is 115 cm³/mol. The van der Waals surface area contributed by atoms with Crippen molar-refractivity contribution in [1.29, 1.82) is 0 Å². The highest BCUT2D eigenvalue weighted by Crippen LogP contribution is 2.48. The smallest absolute Gasteiger partial charge is 0.238 e. The summed E-state index contributed by atoms with van der Waals surface area (Å²) in [7, 11) is 1.53. The Labute approximate surface area is 170 Å². The van der Waals surface area contributed by atoms with Crippen LogP contribution in [0.4, 0.5) is 0 Å². The van der Waals surface area contributed by atoms with Crippen molar-refractivity contribution in [3.8, 4) is 0 Å². The molecule has 0 N–H and O–H groups in total. The van der Waals surface area contributed by atoms with E-state index < -0.39 is 4.75 Å². The molecule has 3 nitrogen and oxygen atoms in total. The second-order valence-electron chi connectivity index (χ2n) is 6.54. The minimum atomic E-state index is -0.558. The van der Waals surface area contributed by atoms with Gasteiger partial charge in [-0.25, -0.2) is 0 Å². The fourth-order valence-corrected chi connectivity index (χ4v) is 4.65. The van der Waals surface area contributed by atoms with Crippen LogP contribution < -0.4 is 0 Å². The molecule has 3 aromatic carbocycles. The van der Waals surface area contributed by atoms with E-state index in [0.717, 1.165) is 16.7 Å². The predicted octanol–water partition coefficient (Wildman–Crippen LogP) is 4.72. The summed E-state index contributed by atoms with van der Waals surface area (Å²) in [6.45, 7) is 1.40. The lowest BCUT2D eigenvalue weighted by Crippen LogP contribution is -2.35. The molecule has 0 aliphatic rings. The van der Waals surface area contributed by atoms with Crippen LogP contribution in [-0.4, -0.2) is 29.5 Å². The molecule has 0 aromatic heterocycles. The Morgan fingerprint density at radius 2 is 1.11 bits per heavy atom. The van der Waals surface area contributed by atoms with Gasteiger partial charge < -0.3 is 0 Å². The molecule has 0 fully saturated rings. The van der Waals surface area contributed by atoms with Gasteiger partial charge in [-0.05, 0) is 16.7 Å². The summed E-state index contributed by atoms with van der Waals surface area (Å²) < 4.78 is -0.558. The fourth-order valence-electron chi connectivity index (χ4n) is 3.21. The van der Waals surface area contributed by atoms with Gasteiger partial charge in [0.25, 0.3) is 0 Å². The van der Waals surface area contributed by atoms with E-state index in [1.54, 1.807) is 0 Å². The lowest BCUT2D eigenvalue weighted by Gasteiger charge is -2.35. The standard InChI is InChI=1S/C24H23NO2S/c1-19(26)25(2)23(27)18-28-24(20-12-6-3-7-13-20,21-14-8-4-9-15-21)22-16-10-5-11-17-22/h3-17H,18H2,1-2H3. The normalized spacial score (nSPS) is 11.1. The molecular formula is C24H23NO2S. The zero-order valence-electron chi connectivity index (χ0n) is 16.0. The topological polar surface area (TPSA) is 37.4 Å². The number of hydrogen-bond acceptors (Lipinski definition) is 3. The van der Waals surface area contributed by atoms with Crippen LogP contribution in [0, 0.1) is 0 Å². The Hall–Kier alpha value is -2.85. The summed E-state index contributed by atoms with van der Waals surface area (Å²) in [4.78, 5) is 25.4. The molecule has 0 heterocycles. The fraction of sp³-hybridized carbons (Fsp3) is 0.167. The molecule has 0 saturated heterocycles. The van der Waals surface area contributed by atoms with Gasteiger partial charge in [0.1, 0.15) is 0 Å². The van der Waals surface area contributed by atoms with Gasteiger partial charge in [0, 0.05) is 14.0 Å². The molecule has 3 aromatic rings. The van der Waals surface area contributed by atoms with Gasteiger partial charge in [-0.2, -0.15) is 0 Å². The van der Waals surface area contributed by atoms with Gasteiger partial charge in [0.2, 0.25) is 11.8 Å². The molecule has 28 heavy (non-hydrogen) atoms. The molecule has 0 spiro atoms. The van der Waals surface area contributed by atoms with Crippen LogP contribution in [0.2, 0.25) is 0 Å². The molecular weight excluding hydrogens is 366 g/mol. The van der Waals surface area contributed by atoms with Crippen molar-refractivity contribution in [2.24, 2.45) is 0 Å². The van der Waals surface area contributed by atoms with Crippen LogP contribution >= 0.6 is 11.8 Å². The third kappa shape index (κ3) is 4.02. The summed E-state index contributed by atoms with van der Waals surface area (Å²) in [5.41, 5.74) is 3.28. The Kier molecular flexibility index (Phi) is 6.32. The highest BCUT2D eigenvalue weighted by Gasteiger charge is 2.37. The molecule has 4 heteroatoms. The molecule has 0 aliphatic heterocycles. The van der Waals surface area contributed by atoms with Gasteiger partial charge in [-0.15, -0.1) is 11.8 Å². The highest BCUT2D eigenvalue weighted by atomic mass is 32.2. The number of amides is 2. The first-order chi connectivity index (χ1) is 13.6. The third-order valence-corrected chi connectivity index (χ3v) is 6.33. The summed E-state index contributed by atoms with van der Waals surface area (Å²) in [6, 6.07) is 30.6. The van der Waals surface area contributed by atoms with Crippen molar-refractivity contribution >= 4 is 23.6 Å². The largest absolute Gasteiger partial charge is 0.285 e. The van der Waals surface area contributed by atoms with E-state index in [9.17, 15) is 9.59 Å². The number of benzene rings is 3. The third-order valence-electron chi connectivity index (χ3n) is 4.80. The first-order valence-corrected chi connectivity index (χ1v) is 10.1. The van der Waals surface area contributed by atoms with Crippen LogP contribution in [-0.2, 0) is 14.3 Å². The molecule has 0 unspecified atom stereocenters. The molecule has 0 saturated carbocycles. The lowest BCUT2D eigenvalue weighted by atomic mass is 9.84.